The Balaban J connectivity index is 2.13. The number of fused-ring (bicyclic) bond motifs is 1. The second-order valence-electron chi connectivity index (χ2n) is 4.12. The van der Waals surface area contributed by atoms with Crippen LogP contribution in [0.1, 0.15) is 16.0 Å². The van der Waals surface area contributed by atoms with Gasteiger partial charge < -0.3 is 0 Å². The summed E-state index contributed by atoms with van der Waals surface area (Å²) in [6.45, 7) is 0. The van der Waals surface area contributed by atoms with Crippen molar-refractivity contribution in [2.24, 2.45) is 4.99 Å². The molecule has 0 bridgehead atoms. The summed E-state index contributed by atoms with van der Waals surface area (Å²) in [5, 5.41) is 3.04. The molecule has 0 N–H and O–H groups in total. The number of hydrogen-bond acceptors (Lipinski definition) is 2. The Morgan fingerprint density at radius 2 is 2.12 bits per heavy atom. The highest BCUT2D eigenvalue weighted by Crippen LogP contribution is 2.26. The van der Waals surface area contributed by atoms with Gasteiger partial charge in [-0.3, -0.25) is 4.99 Å². The summed E-state index contributed by atoms with van der Waals surface area (Å²) in [6.07, 6.45) is 1.04. The number of alkyl halides is 1. The van der Waals surface area contributed by atoms with Gasteiger partial charge in [0.1, 0.15) is 0 Å². The van der Waals surface area contributed by atoms with E-state index in [4.69, 9.17) is 4.99 Å². The lowest BCUT2D eigenvalue weighted by Crippen LogP contribution is -2.22. The Morgan fingerprint density at radius 1 is 1.24 bits per heavy atom. The molecule has 86 valence electrons. The Morgan fingerprint density at radius 3 is 2.88 bits per heavy atom. The molecular weight excluding hydrogens is 294 g/mol. The van der Waals surface area contributed by atoms with E-state index in [1.165, 1.54) is 16.0 Å². The number of hydrogen-bond donors (Lipinski definition) is 0. The smallest absolute Gasteiger partial charge is 0.0825 e. The summed E-state index contributed by atoms with van der Waals surface area (Å²) in [5.41, 5.74) is 3.87. The van der Waals surface area contributed by atoms with Gasteiger partial charge in [0.05, 0.1) is 16.6 Å². The van der Waals surface area contributed by atoms with E-state index in [1.807, 2.05) is 0 Å². The molecule has 1 atom stereocenters. The van der Waals surface area contributed by atoms with Crippen LogP contribution in [0.15, 0.2) is 46.8 Å². The van der Waals surface area contributed by atoms with Crippen molar-refractivity contribution in [3.8, 4) is 0 Å². The van der Waals surface area contributed by atoms with Crippen LogP contribution in [0.3, 0.4) is 0 Å². The van der Waals surface area contributed by atoms with Gasteiger partial charge in [-0.2, -0.15) is 0 Å². The van der Waals surface area contributed by atoms with E-state index in [-0.39, 0.29) is 0 Å². The summed E-state index contributed by atoms with van der Waals surface area (Å²) < 4.78 is 0. The Kier molecular flexibility index (Phi) is 3.12. The van der Waals surface area contributed by atoms with Crippen LogP contribution in [0.25, 0.3) is 0 Å². The molecule has 1 aliphatic heterocycles. The molecule has 1 unspecified atom stereocenters. The lowest BCUT2D eigenvalue weighted by atomic mass is 9.93. The van der Waals surface area contributed by atoms with Gasteiger partial charge in [0.15, 0.2) is 0 Å². The van der Waals surface area contributed by atoms with Crippen molar-refractivity contribution < 1.29 is 0 Å². The molecule has 1 aliphatic rings. The fourth-order valence-electron chi connectivity index (χ4n) is 2.18. The minimum absolute atomic E-state index is 0.363. The zero-order chi connectivity index (χ0) is 11.7. The predicted octanol–water partition coefficient (Wildman–Crippen LogP) is 3.91. The number of aliphatic imine (C=N–C) groups is 1. The lowest BCUT2D eigenvalue weighted by Gasteiger charge is -2.21. The van der Waals surface area contributed by atoms with Crippen molar-refractivity contribution in [3.63, 3.8) is 0 Å². The highest BCUT2D eigenvalue weighted by molar-refractivity contribution is 9.09. The third-order valence-corrected chi connectivity index (χ3v) is 4.60. The molecule has 1 nitrogen and oxygen atoms in total. The monoisotopic (exact) mass is 305 g/mol. The van der Waals surface area contributed by atoms with E-state index in [9.17, 15) is 0 Å². The highest BCUT2D eigenvalue weighted by atomic mass is 79.9. The molecule has 0 spiro atoms. The van der Waals surface area contributed by atoms with Gasteiger partial charge in [-0.15, -0.1) is 11.3 Å². The fourth-order valence-corrected chi connectivity index (χ4v) is 3.29. The maximum atomic E-state index is 4.86. The molecule has 2 heterocycles. The number of rotatable bonds is 2. The summed E-state index contributed by atoms with van der Waals surface area (Å²) in [7, 11) is 0. The molecule has 0 saturated carbocycles. The first-order valence-corrected chi connectivity index (χ1v) is 7.64. The first kappa shape index (κ1) is 11.2. The summed E-state index contributed by atoms with van der Waals surface area (Å²) in [6, 6.07) is 13.2. The van der Waals surface area contributed by atoms with E-state index in [1.54, 1.807) is 11.3 Å². The van der Waals surface area contributed by atoms with Crippen LogP contribution in [0.2, 0.25) is 0 Å². The van der Waals surface area contributed by atoms with Gasteiger partial charge in [0.25, 0.3) is 0 Å². The SMILES string of the molecule is BrCC1Cc2ccccc2C(c2cccs2)=N1. The Labute approximate surface area is 113 Å². The summed E-state index contributed by atoms with van der Waals surface area (Å²) in [5.74, 6) is 0. The maximum absolute atomic E-state index is 4.86. The molecule has 1 aromatic carbocycles. The second-order valence-corrected chi connectivity index (χ2v) is 5.72. The molecule has 0 fully saturated rings. The third-order valence-electron chi connectivity index (χ3n) is 2.97. The predicted molar refractivity (Wildman–Crippen MR) is 77.7 cm³/mol. The van der Waals surface area contributed by atoms with Crippen molar-refractivity contribution in [2.75, 3.05) is 5.33 Å². The van der Waals surface area contributed by atoms with Crippen molar-refractivity contribution >= 4 is 33.0 Å². The van der Waals surface area contributed by atoms with E-state index in [0.29, 0.717) is 6.04 Å². The molecule has 17 heavy (non-hydrogen) atoms. The quantitative estimate of drug-likeness (QED) is 0.746. The minimum Gasteiger partial charge on any atom is -0.279 e. The van der Waals surface area contributed by atoms with Crippen molar-refractivity contribution in [1.29, 1.82) is 0 Å². The van der Waals surface area contributed by atoms with Crippen LogP contribution >= 0.6 is 27.3 Å². The minimum atomic E-state index is 0.363. The van der Waals surface area contributed by atoms with Gasteiger partial charge >= 0.3 is 0 Å². The van der Waals surface area contributed by atoms with E-state index >= 15 is 0 Å². The lowest BCUT2D eigenvalue weighted by molar-refractivity contribution is 0.743. The van der Waals surface area contributed by atoms with Gasteiger partial charge in [-0.05, 0) is 23.4 Å². The molecular formula is C14H12BrNS. The number of halogens is 1. The average molecular weight is 306 g/mol. The zero-order valence-corrected chi connectivity index (χ0v) is 11.7. The zero-order valence-electron chi connectivity index (χ0n) is 9.27. The standard InChI is InChI=1S/C14H12BrNS/c15-9-11-8-10-4-1-2-5-12(10)14(16-11)13-6-3-7-17-13/h1-7,11H,8-9H2. The molecule has 1 aromatic heterocycles. The van der Waals surface area contributed by atoms with Gasteiger partial charge in [0.2, 0.25) is 0 Å². The van der Waals surface area contributed by atoms with Crippen molar-refractivity contribution in [1.82, 2.24) is 0 Å². The van der Waals surface area contributed by atoms with Crippen LogP contribution in [-0.2, 0) is 6.42 Å². The normalized spacial score (nSPS) is 18.6. The Hall–Kier alpha value is -0.930. The largest absolute Gasteiger partial charge is 0.279 e. The molecule has 3 heteroatoms. The van der Waals surface area contributed by atoms with Gasteiger partial charge in [0, 0.05) is 10.9 Å². The van der Waals surface area contributed by atoms with Crippen LogP contribution in [0.5, 0.6) is 0 Å². The number of thiophene rings is 1. The fraction of sp³-hybridized carbons (Fsp3) is 0.214. The van der Waals surface area contributed by atoms with E-state index < -0.39 is 0 Å². The first-order valence-electron chi connectivity index (χ1n) is 5.64. The van der Waals surface area contributed by atoms with E-state index in [2.05, 4.69) is 57.7 Å². The molecule has 0 amide bonds. The maximum Gasteiger partial charge on any atom is 0.0825 e. The van der Waals surface area contributed by atoms with Gasteiger partial charge in [-0.1, -0.05) is 46.3 Å². The van der Waals surface area contributed by atoms with Crippen LogP contribution < -0.4 is 0 Å². The van der Waals surface area contributed by atoms with Crippen LogP contribution in [0, 0.1) is 0 Å². The number of nitrogens with zero attached hydrogens (tertiary/aromatic N) is 1. The van der Waals surface area contributed by atoms with E-state index in [0.717, 1.165) is 17.5 Å². The van der Waals surface area contributed by atoms with Crippen LogP contribution in [0.4, 0.5) is 0 Å². The molecule has 0 aliphatic carbocycles. The molecule has 0 saturated heterocycles. The molecule has 2 aromatic rings. The summed E-state index contributed by atoms with van der Waals surface area (Å²) >= 11 is 5.31. The average Bonchev–Trinajstić information content (AvgIpc) is 2.91. The highest BCUT2D eigenvalue weighted by Gasteiger charge is 2.21. The summed E-state index contributed by atoms with van der Waals surface area (Å²) in [4.78, 5) is 6.13. The third kappa shape index (κ3) is 2.09. The van der Waals surface area contributed by atoms with Crippen LogP contribution in [-0.4, -0.2) is 17.1 Å². The number of benzene rings is 1. The first-order chi connectivity index (χ1) is 8.38. The topological polar surface area (TPSA) is 12.4 Å². The molecule has 3 rings (SSSR count). The second kappa shape index (κ2) is 4.75. The Bertz CT molecular complexity index is 545. The molecule has 0 radical (unpaired) electrons. The van der Waals surface area contributed by atoms with Crippen molar-refractivity contribution in [2.45, 2.75) is 12.5 Å². The van der Waals surface area contributed by atoms with Crippen molar-refractivity contribution in [3.05, 3.63) is 57.8 Å². The van der Waals surface area contributed by atoms with Gasteiger partial charge in [-0.25, -0.2) is 0 Å².